The minimum atomic E-state index is -0.937. The number of nitrogens with one attached hydrogen (secondary N) is 2. The van der Waals surface area contributed by atoms with E-state index >= 15 is 0 Å². The smallest absolute Gasteiger partial charge is 0.339 e. The van der Waals surface area contributed by atoms with Crippen LogP contribution >= 0.6 is 11.8 Å². The van der Waals surface area contributed by atoms with Gasteiger partial charge in [-0.3, -0.25) is 4.79 Å². The van der Waals surface area contributed by atoms with E-state index in [1.807, 2.05) is 30.3 Å². The van der Waals surface area contributed by atoms with Crippen molar-refractivity contribution < 1.29 is 23.9 Å². The van der Waals surface area contributed by atoms with E-state index in [0.717, 1.165) is 60.4 Å². The number of rotatable bonds is 13. The average Bonchev–Trinajstić information content (AvgIpc) is 3.23. The molecule has 3 amide bonds. The first-order chi connectivity index (χ1) is 19.9. The monoisotopic (exact) mass is 576 g/mol. The largest absolute Gasteiger partial charge is 0.478 e. The number of fused-ring (bicyclic) bond motifs is 1. The molecule has 1 heterocycles. The van der Waals surface area contributed by atoms with Crippen molar-refractivity contribution in [2.45, 2.75) is 50.3 Å². The number of benzene rings is 3. The molecule has 0 saturated carbocycles. The number of hydrogen-bond donors (Lipinski definition) is 3. The number of aromatic carboxylic acids is 1. The zero-order chi connectivity index (χ0) is 29.2. The SMILES string of the molecule is CCCCCCN1C(=O)C(=NNC(=O)Nc2ccc(F)cc2)c2cc(SCCCc3ccc(C(=O)O)cc3)ccc21. The fourth-order valence-electron chi connectivity index (χ4n) is 4.49. The molecule has 3 aromatic carbocycles. The number of halogens is 1. The first kappa shape index (κ1) is 29.8. The number of nitrogens with zero attached hydrogens (tertiary/aromatic N) is 2. The van der Waals surface area contributed by atoms with E-state index < -0.39 is 17.8 Å². The summed E-state index contributed by atoms with van der Waals surface area (Å²) in [6.45, 7) is 2.71. The summed E-state index contributed by atoms with van der Waals surface area (Å²) in [5.74, 6) is -0.774. The lowest BCUT2D eigenvalue weighted by Crippen LogP contribution is -2.33. The third kappa shape index (κ3) is 8.17. The molecule has 3 aromatic rings. The Bertz CT molecular complexity index is 1410. The number of urea groups is 1. The standard InChI is InChI=1S/C31H33FN4O4S/c1-2-3-4-5-18-36-27-17-16-25(41-19-6-7-21-8-10-22(11-9-21)30(38)39)20-26(27)28(29(36)37)34-35-31(40)33-24-14-12-23(32)13-15-24/h8-17,20H,2-7,18-19H2,1H3,(H,38,39)(H2,33,35,40). The van der Waals surface area contributed by atoms with Crippen LogP contribution in [0, 0.1) is 5.82 Å². The third-order valence-corrected chi connectivity index (χ3v) is 7.73. The molecule has 214 valence electrons. The summed E-state index contributed by atoms with van der Waals surface area (Å²) in [6, 6.07) is 17.5. The molecule has 1 aliphatic rings. The number of carboxylic acid groups (broad SMARTS) is 1. The fourth-order valence-corrected chi connectivity index (χ4v) is 5.38. The van der Waals surface area contributed by atoms with Crippen LogP contribution < -0.4 is 15.6 Å². The number of aryl methyl sites for hydroxylation is 1. The van der Waals surface area contributed by atoms with E-state index in [-0.39, 0.29) is 17.2 Å². The zero-order valence-corrected chi connectivity index (χ0v) is 23.7. The molecule has 0 aromatic heterocycles. The van der Waals surface area contributed by atoms with Crippen LogP contribution in [-0.2, 0) is 11.2 Å². The second-order valence-electron chi connectivity index (χ2n) is 9.68. The van der Waals surface area contributed by atoms with E-state index in [1.165, 1.54) is 24.3 Å². The number of anilines is 2. The molecule has 8 nitrogen and oxygen atoms in total. The second-order valence-corrected chi connectivity index (χ2v) is 10.9. The number of carbonyl (C=O) groups excluding carboxylic acids is 2. The summed E-state index contributed by atoms with van der Waals surface area (Å²) < 4.78 is 13.2. The summed E-state index contributed by atoms with van der Waals surface area (Å²) >= 11 is 1.66. The number of carbonyl (C=O) groups is 3. The molecule has 0 radical (unpaired) electrons. The maximum atomic E-state index is 13.4. The van der Waals surface area contributed by atoms with Crippen molar-refractivity contribution in [3.63, 3.8) is 0 Å². The average molecular weight is 577 g/mol. The lowest BCUT2D eigenvalue weighted by atomic mass is 10.1. The van der Waals surface area contributed by atoms with Crippen LogP contribution in [0.25, 0.3) is 0 Å². The third-order valence-electron chi connectivity index (χ3n) is 6.65. The molecule has 0 saturated heterocycles. The van der Waals surface area contributed by atoms with Gasteiger partial charge in [0.05, 0.1) is 11.3 Å². The quantitative estimate of drug-likeness (QED) is 0.119. The van der Waals surface area contributed by atoms with E-state index in [4.69, 9.17) is 5.11 Å². The van der Waals surface area contributed by atoms with Gasteiger partial charge in [-0.05, 0) is 85.2 Å². The van der Waals surface area contributed by atoms with Gasteiger partial charge in [-0.1, -0.05) is 38.3 Å². The molecular weight excluding hydrogens is 543 g/mol. The van der Waals surface area contributed by atoms with Gasteiger partial charge in [-0.15, -0.1) is 11.8 Å². The van der Waals surface area contributed by atoms with Gasteiger partial charge in [0.2, 0.25) is 0 Å². The molecule has 0 spiro atoms. The molecule has 0 bridgehead atoms. The van der Waals surface area contributed by atoms with Crippen LogP contribution in [-0.4, -0.2) is 41.0 Å². The fraction of sp³-hybridized carbons (Fsp3) is 0.290. The van der Waals surface area contributed by atoms with Gasteiger partial charge >= 0.3 is 12.0 Å². The highest BCUT2D eigenvalue weighted by atomic mass is 32.2. The Kier molecular flexibility index (Phi) is 10.5. The van der Waals surface area contributed by atoms with Crippen molar-refractivity contribution in [3.05, 3.63) is 89.2 Å². The maximum Gasteiger partial charge on any atom is 0.339 e. The summed E-state index contributed by atoms with van der Waals surface area (Å²) in [6.07, 6.45) is 5.80. The van der Waals surface area contributed by atoms with Gasteiger partial charge in [0, 0.05) is 22.7 Å². The van der Waals surface area contributed by atoms with Gasteiger partial charge in [-0.2, -0.15) is 5.10 Å². The highest BCUT2D eigenvalue weighted by molar-refractivity contribution is 7.99. The van der Waals surface area contributed by atoms with E-state index in [9.17, 15) is 18.8 Å². The van der Waals surface area contributed by atoms with Gasteiger partial charge in [-0.25, -0.2) is 19.4 Å². The Labute approximate surface area is 243 Å². The van der Waals surface area contributed by atoms with Gasteiger partial charge < -0.3 is 15.3 Å². The van der Waals surface area contributed by atoms with E-state index in [1.54, 1.807) is 28.8 Å². The zero-order valence-electron chi connectivity index (χ0n) is 22.9. The van der Waals surface area contributed by atoms with Crippen molar-refractivity contribution in [1.29, 1.82) is 0 Å². The van der Waals surface area contributed by atoms with Crippen molar-refractivity contribution in [1.82, 2.24) is 5.43 Å². The van der Waals surface area contributed by atoms with Crippen LogP contribution in [0.4, 0.5) is 20.6 Å². The second kappa shape index (κ2) is 14.5. The van der Waals surface area contributed by atoms with Crippen LogP contribution in [0.3, 0.4) is 0 Å². The lowest BCUT2D eigenvalue weighted by Gasteiger charge is -2.16. The first-order valence-corrected chi connectivity index (χ1v) is 14.7. The minimum absolute atomic E-state index is 0.172. The molecule has 0 unspecified atom stereocenters. The minimum Gasteiger partial charge on any atom is -0.478 e. The van der Waals surface area contributed by atoms with Gasteiger partial charge in [0.1, 0.15) is 5.82 Å². The molecule has 41 heavy (non-hydrogen) atoms. The van der Waals surface area contributed by atoms with Crippen molar-refractivity contribution in [3.8, 4) is 0 Å². The summed E-state index contributed by atoms with van der Waals surface area (Å²) in [5.41, 5.74) is 5.77. The predicted octanol–water partition coefficient (Wildman–Crippen LogP) is 6.70. The van der Waals surface area contributed by atoms with Crippen molar-refractivity contribution in [2.75, 3.05) is 22.5 Å². The van der Waals surface area contributed by atoms with E-state index in [0.29, 0.717) is 17.8 Å². The highest BCUT2D eigenvalue weighted by Gasteiger charge is 2.34. The Balaban J connectivity index is 1.43. The van der Waals surface area contributed by atoms with Gasteiger partial charge in [0.15, 0.2) is 5.71 Å². The molecule has 0 aliphatic carbocycles. The Morgan fingerprint density at radius 3 is 2.44 bits per heavy atom. The number of hydrogen-bond acceptors (Lipinski definition) is 5. The van der Waals surface area contributed by atoms with Gasteiger partial charge in [0.25, 0.3) is 5.91 Å². The maximum absolute atomic E-state index is 13.4. The topological polar surface area (TPSA) is 111 Å². The van der Waals surface area contributed by atoms with Crippen LogP contribution in [0.2, 0.25) is 0 Å². The first-order valence-electron chi connectivity index (χ1n) is 13.7. The van der Waals surface area contributed by atoms with E-state index in [2.05, 4.69) is 22.8 Å². The van der Waals surface area contributed by atoms with Crippen LogP contribution in [0.15, 0.2) is 76.7 Å². The number of carboxylic acids is 1. The molecule has 0 atom stereocenters. The lowest BCUT2D eigenvalue weighted by molar-refractivity contribution is -0.112. The molecule has 3 N–H and O–H groups in total. The Morgan fingerprint density at radius 1 is 0.976 bits per heavy atom. The Morgan fingerprint density at radius 2 is 1.73 bits per heavy atom. The van der Waals surface area contributed by atoms with Crippen LogP contribution in [0.1, 0.15) is 60.5 Å². The molecular formula is C31H33FN4O4S. The normalized spacial score (nSPS) is 13.4. The summed E-state index contributed by atoms with van der Waals surface area (Å²) in [5, 5.41) is 15.8. The summed E-state index contributed by atoms with van der Waals surface area (Å²) in [7, 11) is 0. The molecule has 10 heteroatoms. The molecule has 1 aliphatic heterocycles. The number of unbranched alkanes of at least 4 members (excludes halogenated alkanes) is 3. The number of thioether (sulfide) groups is 1. The highest BCUT2D eigenvalue weighted by Crippen LogP contribution is 2.34. The number of hydrazone groups is 1. The molecule has 4 rings (SSSR count). The molecule has 0 fully saturated rings. The number of amides is 3. The summed E-state index contributed by atoms with van der Waals surface area (Å²) in [4.78, 5) is 39.5. The van der Waals surface area contributed by atoms with Crippen LogP contribution in [0.5, 0.6) is 0 Å². The predicted molar refractivity (Wildman–Crippen MR) is 160 cm³/mol. The van der Waals surface area contributed by atoms with Crippen molar-refractivity contribution >= 4 is 46.8 Å². The van der Waals surface area contributed by atoms with Crippen molar-refractivity contribution in [2.24, 2.45) is 5.10 Å². The Hall–Kier alpha value is -4.18.